The molecule has 0 spiro atoms. The predicted molar refractivity (Wildman–Crippen MR) is 84.4 cm³/mol. The van der Waals surface area contributed by atoms with Gasteiger partial charge in [-0.15, -0.1) is 5.10 Å². The van der Waals surface area contributed by atoms with Crippen molar-refractivity contribution in [1.82, 2.24) is 14.7 Å². The van der Waals surface area contributed by atoms with Gasteiger partial charge in [0, 0.05) is 5.02 Å². The molecule has 21 heavy (non-hydrogen) atoms. The molecule has 3 N–H and O–H groups in total. The number of fused-ring (bicyclic) bond motifs is 1. The second-order valence-corrected chi connectivity index (χ2v) is 5.30. The van der Waals surface area contributed by atoms with Gasteiger partial charge in [0.2, 0.25) is 0 Å². The van der Waals surface area contributed by atoms with Gasteiger partial charge in [-0.25, -0.2) is 4.48 Å². The number of H-pyrrole nitrogens is 1. The van der Waals surface area contributed by atoms with E-state index in [0.29, 0.717) is 10.8 Å². The lowest BCUT2D eigenvalue weighted by molar-refractivity contribution is -0.118. The van der Waals surface area contributed by atoms with Crippen molar-refractivity contribution in [3.05, 3.63) is 59.9 Å². The molecule has 1 amide bonds. The van der Waals surface area contributed by atoms with Crippen LogP contribution < -0.4 is 10.2 Å². The van der Waals surface area contributed by atoms with Crippen LogP contribution in [-0.4, -0.2) is 22.6 Å². The molecule has 106 valence electrons. The molecule has 1 aliphatic heterocycles. The first-order chi connectivity index (χ1) is 10.1. The number of aromatic nitrogens is 2. The number of halogens is 1. The summed E-state index contributed by atoms with van der Waals surface area (Å²) in [7, 11) is 0. The van der Waals surface area contributed by atoms with E-state index in [9.17, 15) is 4.79 Å². The second kappa shape index (κ2) is 5.20. The van der Waals surface area contributed by atoms with E-state index in [1.165, 1.54) is 0 Å². The van der Waals surface area contributed by atoms with Gasteiger partial charge >= 0.3 is 0 Å². The highest BCUT2D eigenvalue weighted by Gasteiger charge is 2.33. The summed E-state index contributed by atoms with van der Waals surface area (Å²) in [5, 5.41) is 8.86. The molecule has 0 aliphatic carbocycles. The number of aromatic amines is 1. The Morgan fingerprint density at radius 2 is 1.95 bits per heavy atom. The number of nitrogens with one attached hydrogen (secondary N) is 1. The lowest BCUT2D eigenvalue weighted by atomic mass is 10.2. The number of nitrogens with zero attached hydrogens (tertiary/aromatic N) is 2. The van der Waals surface area contributed by atoms with Gasteiger partial charge in [-0.05, 0) is 30.4 Å². The smallest absolute Gasteiger partial charge is 0.273 e. The Balaban J connectivity index is 2.21. The fourth-order valence-electron chi connectivity index (χ4n) is 2.46. The molecule has 5 nitrogen and oxygen atoms in total. The first-order valence-corrected chi connectivity index (χ1v) is 6.82. The molecule has 3 rings (SSSR count). The summed E-state index contributed by atoms with van der Waals surface area (Å²) in [6.07, 6.45) is 11.3. The molecule has 0 atom stereocenters. The van der Waals surface area contributed by atoms with E-state index in [4.69, 9.17) is 17.3 Å². The third-order valence-corrected chi connectivity index (χ3v) is 3.59. The standard InChI is InChI=1S/C15H13ClN4O/c16-11-5-6-12-13(9-11)18-19-15(12)20(10-14(17)21)7-3-1-2-4-8-20/h1-9H,10H2,(H2-,17,18,19,21)/p+1. The highest BCUT2D eigenvalue weighted by atomic mass is 35.5. The molecular weight excluding hydrogens is 288 g/mol. The van der Waals surface area contributed by atoms with Crippen LogP contribution in [0.2, 0.25) is 5.02 Å². The highest BCUT2D eigenvalue weighted by Crippen LogP contribution is 2.32. The molecule has 0 saturated carbocycles. The predicted octanol–water partition coefficient (Wildman–Crippen LogP) is 2.61. The summed E-state index contributed by atoms with van der Waals surface area (Å²) in [4.78, 5) is 11.5. The SMILES string of the molecule is NC(=O)C[N+]1(c2n[nH]c3cc(Cl)ccc23)C=CC=CC=C1. The zero-order valence-electron chi connectivity index (χ0n) is 11.2. The number of allylic oxidation sites excluding steroid dienone is 4. The quantitative estimate of drug-likeness (QED) is 0.855. The van der Waals surface area contributed by atoms with Crippen molar-refractivity contribution < 1.29 is 4.79 Å². The maximum atomic E-state index is 11.5. The average Bonchev–Trinajstić information content (AvgIpc) is 2.71. The number of benzene rings is 1. The van der Waals surface area contributed by atoms with Crippen molar-refractivity contribution in [3.63, 3.8) is 0 Å². The molecule has 2 heterocycles. The molecule has 0 saturated heterocycles. The molecular formula is C15H14ClN4O+. The van der Waals surface area contributed by atoms with Gasteiger partial charge in [0.25, 0.3) is 11.7 Å². The lowest BCUT2D eigenvalue weighted by Crippen LogP contribution is -2.45. The van der Waals surface area contributed by atoms with Crippen molar-refractivity contribution in [2.45, 2.75) is 0 Å². The monoisotopic (exact) mass is 301 g/mol. The van der Waals surface area contributed by atoms with Gasteiger partial charge in [-0.1, -0.05) is 23.8 Å². The Bertz CT molecular complexity index is 772. The van der Waals surface area contributed by atoms with Gasteiger partial charge in [-0.2, -0.15) is 0 Å². The van der Waals surface area contributed by atoms with Gasteiger partial charge in [-0.3, -0.25) is 9.89 Å². The molecule has 0 radical (unpaired) electrons. The minimum Gasteiger partial charge on any atom is -0.365 e. The van der Waals surface area contributed by atoms with E-state index in [2.05, 4.69) is 10.2 Å². The van der Waals surface area contributed by atoms with Crippen LogP contribution in [0.4, 0.5) is 5.82 Å². The molecule has 0 bridgehead atoms. The Labute approximate surface area is 126 Å². The number of carbonyl (C=O) groups is 1. The van der Waals surface area contributed by atoms with Crippen LogP contribution in [-0.2, 0) is 4.79 Å². The number of quaternary nitrogens is 1. The Hall–Kier alpha value is -2.37. The first kappa shape index (κ1) is 13.6. The molecule has 1 aliphatic rings. The number of hydrogen-bond donors (Lipinski definition) is 2. The van der Waals surface area contributed by atoms with Crippen LogP contribution >= 0.6 is 11.6 Å². The minimum atomic E-state index is -0.406. The number of primary amides is 1. The number of rotatable bonds is 3. The van der Waals surface area contributed by atoms with E-state index < -0.39 is 5.91 Å². The van der Waals surface area contributed by atoms with Gasteiger partial charge < -0.3 is 5.73 Å². The van der Waals surface area contributed by atoms with Crippen molar-refractivity contribution >= 4 is 34.2 Å². The Morgan fingerprint density at radius 1 is 1.24 bits per heavy atom. The summed E-state index contributed by atoms with van der Waals surface area (Å²) in [5.74, 6) is 0.299. The fraction of sp³-hybridized carbons (Fsp3) is 0.0667. The molecule has 2 aromatic rings. The van der Waals surface area contributed by atoms with Crippen molar-refractivity contribution in [3.8, 4) is 0 Å². The number of carbonyl (C=O) groups excluding carboxylic acids is 1. The van der Waals surface area contributed by atoms with Crippen LogP contribution in [0, 0.1) is 0 Å². The number of amides is 1. The van der Waals surface area contributed by atoms with Crippen LogP contribution in [0.25, 0.3) is 10.9 Å². The van der Waals surface area contributed by atoms with Crippen LogP contribution in [0.5, 0.6) is 0 Å². The normalized spacial score (nSPS) is 16.2. The van der Waals surface area contributed by atoms with Crippen molar-refractivity contribution in [1.29, 1.82) is 0 Å². The molecule has 0 unspecified atom stereocenters. The number of hydrogen-bond acceptors (Lipinski definition) is 2. The van der Waals surface area contributed by atoms with E-state index in [0.717, 1.165) is 10.9 Å². The second-order valence-electron chi connectivity index (χ2n) is 4.86. The summed E-state index contributed by atoms with van der Waals surface area (Å²) >= 11 is 5.99. The van der Waals surface area contributed by atoms with E-state index in [1.54, 1.807) is 12.1 Å². The van der Waals surface area contributed by atoms with E-state index in [1.807, 2.05) is 42.8 Å². The van der Waals surface area contributed by atoms with Crippen molar-refractivity contribution in [2.75, 3.05) is 6.54 Å². The summed E-state index contributed by atoms with van der Waals surface area (Å²) < 4.78 is 0.129. The number of nitrogens with two attached hydrogens (primary N) is 1. The highest BCUT2D eigenvalue weighted by molar-refractivity contribution is 6.31. The van der Waals surface area contributed by atoms with Crippen LogP contribution in [0.1, 0.15) is 0 Å². The van der Waals surface area contributed by atoms with Gasteiger partial charge in [0.1, 0.15) is 12.4 Å². The summed E-state index contributed by atoms with van der Waals surface area (Å²) in [5.41, 5.74) is 6.25. The zero-order chi connectivity index (χ0) is 14.9. The van der Waals surface area contributed by atoms with E-state index >= 15 is 0 Å². The van der Waals surface area contributed by atoms with Gasteiger partial charge in [0.05, 0.1) is 10.9 Å². The topological polar surface area (TPSA) is 71.8 Å². The maximum Gasteiger partial charge on any atom is 0.273 e. The zero-order valence-corrected chi connectivity index (χ0v) is 11.9. The first-order valence-electron chi connectivity index (χ1n) is 6.44. The Morgan fingerprint density at radius 3 is 2.62 bits per heavy atom. The molecule has 1 aromatic carbocycles. The van der Waals surface area contributed by atoms with Gasteiger partial charge in [0.15, 0.2) is 6.54 Å². The average molecular weight is 302 g/mol. The maximum absolute atomic E-state index is 11.5. The molecule has 6 heteroatoms. The summed E-state index contributed by atoms with van der Waals surface area (Å²) in [6, 6.07) is 5.49. The van der Waals surface area contributed by atoms with E-state index in [-0.39, 0.29) is 11.0 Å². The Kier molecular flexibility index (Phi) is 3.37. The minimum absolute atomic E-state index is 0.0945. The largest absolute Gasteiger partial charge is 0.365 e. The van der Waals surface area contributed by atoms with Crippen LogP contribution in [0.3, 0.4) is 0 Å². The third-order valence-electron chi connectivity index (χ3n) is 3.35. The summed E-state index contributed by atoms with van der Waals surface area (Å²) in [6.45, 7) is 0.0945. The van der Waals surface area contributed by atoms with Crippen molar-refractivity contribution in [2.24, 2.45) is 5.73 Å². The fourth-order valence-corrected chi connectivity index (χ4v) is 2.63. The van der Waals surface area contributed by atoms with Crippen LogP contribution in [0.15, 0.2) is 54.9 Å². The molecule has 1 aromatic heterocycles. The lowest BCUT2D eigenvalue weighted by Gasteiger charge is -2.26. The molecule has 0 fully saturated rings. The third kappa shape index (κ3) is 2.49.